The van der Waals surface area contributed by atoms with Gasteiger partial charge in [-0.2, -0.15) is 4.99 Å². The molecule has 3 aliphatic heterocycles. The number of carbonyl (C=O) groups excluding carboxylic acids is 1. The zero-order valence-electron chi connectivity index (χ0n) is 15.7. The number of anilines is 1. The van der Waals surface area contributed by atoms with Gasteiger partial charge in [0, 0.05) is 17.0 Å². The summed E-state index contributed by atoms with van der Waals surface area (Å²) in [6.07, 6.45) is 0.0347. The summed E-state index contributed by atoms with van der Waals surface area (Å²) in [5, 5.41) is 0.267. The largest absolute Gasteiger partial charge is 0.454 e. The summed E-state index contributed by atoms with van der Waals surface area (Å²) in [6, 6.07) is 10.7. The van der Waals surface area contributed by atoms with E-state index in [4.69, 9.17) is 9.47 Å². The quantitative estimate of drug-likeness (QED) is 0.713. The van der Waals surface area contributed by atoms with Crippen molar-refractivity contribution >= 4 is 38.4 Å². The number of sulfone groups is 1. The number of hydrogen-bond donors (Lipinski definition) is 0. The lowest BCUT2D eigenvalue weighted by Gasteiger charge is -2.24. The van der Waals surface area contributed by atoms with Gasteiger partial charge in [0.2, 0.25) is 6.79 Å². The maximum Gasteiger partial charge on any atom is 0.252 e. The van der Waals surface area contributed by atoms with Crippen LogP contribution < -0.4 is 14.4 Å². The first-order chi connectivity index (χ1) is 14.4. The lowest BCUT2D eigenvalue weighted by Crippen LogP contribution is -2.37. The minimum absolute atomic E-state index is 0.00425. The smallest absolute Gasteiger partial charge is 0.252 e. The van der Waals surface area contributed by atoms with E-state index in [-0.39, 0.29) is 47.7 Å². The monoisotopic (exact) mass is 448 g/mol. The first-order valence-electron chi connectivity index (χ1n) is 9.30. The van der Waals surface area contributed by atoms with Gasteiger partial charge >= 0.3 is 0 Å². The molecule has 0 bridgehead atoms. The Morgan fingerprint density at radius 3 is 2.70 bits per heavy atom. The van der Waals surface area contributed by atoms with E-state index in [1.807, 2.05) is 4.90 Å². The Morgan fingerprint density at radius 2 is 1.90 bits per heavy atom. The van der Waals surface area contributed by atoms with Gasteiger partial charge in [-0.3, -0.25) is 4.79 Å². The van der Waals surface area contributed by atoms with Crippen molar-refractivity contribution < 1.29 is 27.1 Å². The summed E-state index contributed by atoms with van der Waals surface area (Å²) in [4.78, 5) is 18.7. The first-order valence-corrected chi connectivity index (χ1v) is 12.0. The molecule has 3 heterocycles. The Hall–Kier alpha value is -2.59. The summed E-state index contributed by atoms with van der Waals surface area (Å²) >= 11 is 1.30. The number of aliphatic imine (C=N–C) groups is 1. The van der Waals surface area contributed by atoms with Gasteiger partial charge in [-0.25, -0.2) is 12.8 Å². The molecule has 0 radical (unpaired) electrons. The highest BCUT2D eigenvalue weighted by molar-refractivity contribution is 8.16. The average Bonchev–Trinajstić information content (AvgIpc) is 3.34. The molecule has 0 spiro atoms. The van der Waals surface area contributed by atoms with Gasteiger partial charge in [0.1, 0.15) is 5.82 Å². The summed E-state index contributed by atoms with van der Waals surface area (Å²) < 4.78 is 48.2. The van der Waals surface area contributed by atoms with Crippen LogP contribution in [-0.4, -0.2) is 49.1 Å². The first kappa shape index (κ1) is 19.4. The van der Waals surface area contributed by atoms with E-state index < -0.39 is 9.84 Å². The Kier molecular flexibility index (Phi) is 4.70. The van der Waals surface area contributed by atoms with Crippen molar-refractivity contribution in [2.75, 3.05) is 23.2 Å². The number of fused-ring (bicyclic) bond motifs is 2. The molecule has 2 fully saturated rings. The Balaban J connectivity index is 1.46. The van der Waals surface area contributed by atoms with E-state index in [1.165, 1.54) is 23.9 Å². The number of benzene rings is 2. The predicted octanol–water partition coefficient (Wildman–Crippen LogP) is 2.40. The summed E-state index contributed by atoms with van der Waals surface area (Å²) in [5.41, 5.74) is 1.36. The number of amidine groups is 1. The number of carbonyl (C=O) groups is 1. The van der Waals surface area contributed by atoms with Crippen LogP contribution in [0.1, 0.15) is 5.56 Å². The van der Waals surface area contributed by atoms with Crippen LogP contribution in [0.4, 0.5) is 10.1 Å². The maximum atomic E-state index is 13.1. The highest BCUT2D eigenvalue weighted by Gasteiger charge is 2.49. The summed E-state index contributed by atoms with van der Waals surface area (Å²) in [5.74, 6) is 0.495. The van der Waals surface area contributed by atoms with Crippen molar-refractivity contribution in [2.24, 2.45) is 4.99 Å². The molecule has 2 saturated heterocycles. The zero-order valence-corrected chi connectivity index (χ0v) is 17.3. The normalized spacial score (nSPS) is 25.0. The van der Waals surface area contributed by atoms with E-state index in [1.54, 1.807) is 30.3 Å². The van der Waals surface area contributed by atoms with Crippen molar-refractivity contribution in [3.8, 4) is 11.5 Å². The summed E-state index contributed by atoms with van der Waals surface area (Å²) in [7, 11) is -3.16. The van der Waals surface area contributed by atoms with Crippen molar-refractivity contribution in [2.45, 2.75) is 17.7 Å². The van der Waals surface area contributed by atoms with Crippen molar-refractivity contribution in [1.29, 1.82) is 0 Å². The van der Waals surface area contributed by atoms with Crippen LogP contribution >= 0.6 is 11.8 Å². The molecule has 2 aromatic rings. The van der Waals surface area contributed by atoms with Crippen molar-refractivity contribution in [3.63, 3.8) is 0 Å². The molecule has 0 saturated carbocycles. The number of amides is 1. The van der Waals surface area contributed by atoms with Crippen LogP contribution in [0.2, 0.25) is 0 Å². The molecule has 30 heavy (non-hydrogen) atoms. The van der Waals surface area contributed by atoms with Gasteiger partial charge in [0.05, 0.1) is 24.0 Å². The number of nitrogens with zero attached hydrogens (tertiary/aromatic N) is 2. The van der Waals surface area contributed by atoms with Crippen LogP contribution in [0.5, 0.6) is 11.5 Å². The van der Waals surface area contributed by atoms with Crippen molar-refractivity contribution in [3.05, 3.63) is 53.8 Å². The van der Waals surface area contributed by atoms with Crippen LogP contribution in [0, 0.1) is 5.82 Å². The van der Waals surface area contributed by atoms with Gasteiger partial charge in [-0.15, -0.1) is 0 Å². The van der Waals surface area contributed by atoms with E-state index >= 15 is 0 Å². The van der Waals surface area contributed by atoms with Crippen LogP contribution in [-0.2, 0) is 21.1 Å². The highest BCUT2D eigenvalue weighted by atomic mass is 32.2. The zero-order chi connectivity index (χ0) is 20.9. The molecule has 2 atom stereocenters. The molecule has 10 heteroatoms. The van der Waals surface area contributed by atoms with E-state index in [0.717, 1.165) is 0 Å². The number of halogens is 1. The molecule has 0 unspecified atom stereocenters. The second kappa shape index (κ2) is 7.28. The summed E-state index contributed by atoms with van der Waals surface area (Å²) in [6.45, 7) is 0.130. The predicted molar refractivity (Wildman–Crippen MR) is 111 cm³/mol. The fraction of sp³-hybridized carbons (Fsp3) is 0.300. The van der Waals surface area contributed by atoms with Gasteiger partial charge in [0.15, 0.2) is 26.5 Å². The van der Waals surface area contributed by atoms with Crippen LogP contribution in [0.15, 0.2) is 47.5 Å². The molecule has 156 valence electrons. The molecular weight excluding hydrogens is 431 g/mol. The van der Waals surface area contributed by atoms with Crippen LogP contribution in [0.25, 0.3) is 0 Å². The van der Waals surface area contributed by atoms with Gasteiger partial charge < -0.3 is 14.4 Å². The van der Waals surface area contributed by atoms with Gasteiger partial charge in [-0.05, 0) is 29.8 Å². The fourth-order valence-corrected chi connectivity index (χ4v) is 7.76. The number of thioether (sulfide) groups is 1. The minimum atomic E-state index is -3.16. The second-order valence-corrected chi connectivity index (χ2v) is 10.7. The van der Waals surface area contributed by atoms with E-state index in [2.05, 4.69) is 4.99 Å². The SMILES string of the molecule is O=C(Cc1ccc(F)cc1)N=C1S[C@@H]2CS(=O)(=O)C[C@@H]2N1c1ccc2c(c1)OCO2. The number of ether oxygens (including phenoxy) is 2. The Labute approximate surface area is 176 Å². The minimum Gasteiger partial charge on any atom is -0.454 e. The maximum absolute atomic E-state index is 13.1. The van der Waals surface area contributed by atoms with Gasteiger partial charge in [0.25, 0.3) is 5.91 Å². The topological polar surface area (TPSA) is 85.3 Å². The Morgan fingerprint density at radius 1 is 1.13 bits per heavy atom. The standard InChI is InChI=1S/C20H17FN2O5S2/c21-13-3-1-12(2-4-13)7-19(24)22-20-23(15-9-30(25,26)10-18(15)29-20)14-5-6-16-17(8-14)28-11-27-16/h1-6,8,15,18H,7,9-11H2/t15-,18+/m0/s1. The average molecular weight is 448 g/mol. The highest BCUT2D eigenvalue weighted by Crippen LogP contribution is 2.43. The number of hydrogen-bond acceptors (Lipinski definition) is 6. The third-order valence-electron chi connectivity index (χ3n) is 5.19. The second-order valence-electron chi connectivity index (χ2n) is 7.30. The van der Waals surface area contributed by atoms with Gasteiger partial charge in [-0.1, -0.05) is 23.9 Å². The third-order valence-corrected chi connectivity index (χ3v) is 8.40. The van der Waals surface area contributed by atoms with E-state index in [0.29, 0.717) is 27.9 Å². The molecule has 3 aliphatic rings. The molecule has 5 rings (SSSR count). The lowest BCUT2D eigenvalue weighted by atomic mass is 10.1. The molecular formula is C20H17FN2O5S2. The molecule has 0 N–H and O–H groups in total. The lowest BCUT2D eigenvalue weighted by molar-refractivity contribution is -0.117. The molecule has 0 aliphatic carbocycles. The molecule has 7 nitrogen and oxygen atoms in total. The van der Waals surface area contributed by atoms with Crippen molar-refractivity contribution in [1.82, 2.24) is 0 Å². The Bertz CT molecular complexity index is 1150. The molecule has 0 aromatic heterocycles. The third kappa shape index (κ3) is 3.65. The van der Waals surface area contributed by atoms with Crippen LogP contribution in [0.3, 0.4) is 0 Å². The van der Waals surface area contributed by atoms with E-state index in [9.17, 15) is 17.6 Å². The number of rotatable bonds is 3. The molecule has 1 amide bonds. The fourth-order valence-electron chi connectivity index (χ4n) is 3.82. The molecule has 2 aromatic carbocycles.